The van der Waals surface area contributed by atoms with E-state index in [0.717, 1.165) is 0 Å². The van der Waals surface area contributed by atoms with Crippen molar-refractivity contribution in [2.24, 2.45) is 5.92 Å². The zero-order valence-electron chi connectivity index (χ0n) is 13.2. The topological polar surface area (TPSA) is 99.6 Å². The van der Waals surface area contributed by atoms with Gasteiger partial charge in [0.15, 0.2) is 5.13 Å². The second-order valence-electron chi connectivity index (χ2n) is 6.05. The van der Waals surface area contributed by atoms with E-state index in [9.17, 15) is 14.4 Å². The van der Waals surface area contributed by atoms with Crippen LogP contribution in [0, 0.1) is 5.92 Å². The van der Waals surface area contributed by atoms with Crippen LogP contribution in [0.25, 0.3) is 0 Å². The van der Waals surface area contributed by atoms with Crippen LogP contribution in [-0.2, 0) is 20.8 Å². The lowest BCUT2D eigenvalue weighted by Gasteiger charge is -2.20. The number of nitrogens with one attached hydrogen (secondary N) is 1. The first-order valence-electron chi connectivity index (χ1n) is 7.63. The quantitative estimate of drug-likeness (QED) is 0.822. The van der Waals surface area contributed by atoms with Gasteiger partial charge in [0.1, 0.15) is 6.04 Å². The van der Waals surface area contributed by atoms with Crippen molar-refractivity contribution in [3.8, 4) is 0 Å². The van der Waals surface area contributed by atoms with Crippen molar-refractivity contribution < 1.29 is 19.5 Å². The first-order valence-corrected chi connectivity index (χ1v) is 8.51. The van der Waals surface area contributed by atoms with Gasteiger partial charge in [-0.05, 0) is 18.8 Å². The van der Waals surface area contributed by atoms with Gasteiger partial charge >= 0.3 is 5.97 Å². The van der Waals surface area contributed by atoms with Crippen LogP contribution >= 0.6 is 11.3 Å². The van der Waals surface area contributed by atoms with Gasteiger partial charge in [-0.1, -0.05) is 13.8 Å². The molecule has 1 fully saturated rings. The minimum atomic E-state index is -0.962. The van der Waals surface area contributed by atoms with Gasteiger partial charge in [-0.15, -0.1) is 11.3 Å². The van der Waals surface area contributed by atoms with Gasteiger partial charge < -0.3 is 15.3 Å². The van der Waals surface area contributed by atoms with Crippen LogP contribution in [0.4, 0.5) is 5.13 Å². The summed E-state index contributed by atoms with van der Waals surface area (Å²) in [5.41, 5.74) is 0.552. The normalized spacial score (nSPS) is 17.5. The smallest absolute Gasteiger partial charge is 0.326 e. The average Bonchev–Trinajstić information content (AvgIpc) is 3.06. The molecule has 1 atom stereocenters. The van der Waals surface area contributed by atoms with Crippen molar-refractivity contribution in [3.05, 3.63) is 11.1 Å². The second-order valence-corrected chi connectivity index (χ2v) is 6.91. The van der Waals surface area contributed by atoms with E-state index in [-0.39, 0.29) is 24.2 Å². The second kappa shape index (κ2) is 7.54. The van der Waals surface area contributed by atoms with E-state index in [1.807, 2.05) is 13.8 Å². The largest absolute Gasteiger partial charge is 0.480 e. The molecule has 7 nitrogen and oxygen atoms in total. The van der Waals surface area contributed by atoms with Gasteiger partial charge in [0.25, 0.3) is 0 Å². The summed E-state index contributed by atoms with van der Waals surface area (Å²) >= 11 is 1.27. The molecule has 1 aromatic heterocycles. The first kappa shape index (κ1) is 17.4. The van der Waals surface area contributed by atoms with E-state index >= 15 is 0 Å². The number of amides is 2. The number of anilines is 1. The number of nitrogens with zero attached hydrogens (tertiary/aromatic N) is 2. The van der Waals surface area contributed by atoms with E-state index in [1.54, 1.807) is 5.38 Å². The maximum atomic E-state index is 12.2. The molecule has 23 heavy (non-hydrogen) atoms. The summed E-state index contributed by atoms with van der Waals surface area (Å²) in [5, 5.41) is 14.0. The van der Waals surface area contributed by atoms with Crippen molar-refractivity contribution in [1.82, 2.24) is 9.88 Å². The summed E-state index contributed by atoms with van der Waals surface area (Å²) in [5.74, 6) is -1.03. The van der Waals surface area contributed by atoms with Crippen LogP contribution in [-0.4, -0.2) is 45.4 Å². The third kappa shape index (κ3) is 4.75. The number of thiazole rings is 1. The molecule has 1 aromatic rings. The molecule has 1 aliphatic rings. The number of hydrogen-bond acceptors (Lipinski definition) is 5. The van der Waals surface area contributed by atoms with Crippen LogP contribution in [0.15, 0.2) is 5.38 Å². The van der Waals surface area contributed by atoms with Gasteiger partial charge in [-0.25, -0.2) is 9.78 Å². The lowest BCUT2D eigenvalue weighted by molar-refractivity contribution is -0.148. The number of aliphatic carboxylic acids is 1. The Kier molecular flexibility index (Phi) is 5.70. The zero-order valence-corrected chi connectivity index (χ0v) is 14.1. The van der Waals surface area contributed by atoms with Crippen molar-refractivity contribution in [2.75, 3.05) is 11.9 Å². The highest BCUT2D eigenvalue weighted by Gasteiger charge is 2.33. The lowest BCUT2D eigenvalue weighted by atomic mass is 10.1. The first-order chi connectivity index (χ1) is 10.9. The average molecular weight is 339 g/mol. The molecule has 0 spiro atoms. The fraction of sp³-hybridized carbons (Fsp3) is 0.600. The number of rotatable bonds is 6. The highest BCUT2D eigenvalue weighted by molar-refractivity contribution is 7.13. The summed E-state index contributed by atoms with van der Waals surface area (Å²) in [7, 11) is 0. The molecule has 1 unspecified atom stereocenters. The molecule has 2 heterocycles. The Morgan fingerprint density at radius 2 is 2.22 bits per heavy atom. The molecule has 0 saturated carbocycles. The molecule has 2 rings (SSSR count). The van der Waals surface area contributed by atoms with E-state index in [1.165, 1.54) is 16.2 Å². The number of carboxylic acids is 1. The SMILES string of the molecule is CC(C)CC(=O)Nc1nc(CC(=O)N2CCCC2C(=O)O)cs1. The van der Waals surface area contributed by atoms with Crippen LogP contribution in [0.2, 0.25) is 0 Å². The molecular weight excluding hydrogens is 318 g/mol. The third-order valence-corrected chi connectivity index (χ3v) is 4.39. The third-order valence-electron chi connectivity index (χ3n) is 3.58. The van der Waals surface area contributed by atoms with E-state index in [4.69, 9.17) is 5.11 Å². The number of hydrogen-bond donors (Lipinski definition) is 2. The summed E-state index contributed by atoms with van der Waals surface area (Å²) in [6.07, 6.45) is 1.67. The summed E-state index contributed by atoms with van der Waals surface area (Å²) in [4.78, 5) is 40.7. The highest BCUT2D eigenvalue weighted by atomic mass is 32.1. The predicted octanol–water partition coefficient (Wildman–Crippen LogP) is 1.75. The Balaban J connectivity index is 1.92. The van der Waals surface area contributed by atoms with E-state index in [2.05, 4.69) is 10.3 Å². The molecule has 0 aliphatic carbocycles. The summed E-state index contributed by atoms with van der Waals surface area (Å²) < 4.78 is 0. The molecule has 0 radical (unpaired) electrons. The minimum Gasteiger partial charge on any atom is -0.480 e. The van der Waals surface area contributed by atoms with Crippen molar-refractivity contribution in [1.29, 1.82) is 0 Å². The molecule has 2 amide bonds. The molecule has 0 aromatic carbocycles. The Labute approximate surface area is 138 Å². The molecule has 8 heteroatoms. The number of carbonyl (C=O) groups is 3. The van der Waals surface area contributed by atoms with Crippen LogP contribution < -0.4 is 5.32 Å². The van der Waals surface area contributed by atoms with Crippen LogP contribution in [0.3, 0.4) is 0 Å². The molecule has 126 valence electrons. The fourth-order valence-corrected chi connectivity index (χ4v) is 3.29. The maximum Gasteiger partial charge on any atom is 0.326 e. The Bertz CT molecular complexity index is 599. The fourth-order valence-electron chi connectivity index (χ4n) is 2.57. The standard InChI is InChI=1S/C15H21N3O4S/c1-9(2)6-12(19)17-15-16-10(8-23-15)7-13(20)18-5-3-4-11(18)14(21)22/h8-9,11H,3-7H2,1-2H3,(H,21,22)(H,16,17,19). The van der Waals surface area contributed by atoms with Gasteiger partial charge in [0.05, 0.1) is 12.1 Å². The number of likely N-dealkylation sites (tertiary alicyclic amines) is 1. The number of aromatic nitrogens is 1. The summed E-state index contributed by atoms with van der Waals surface area (Å²) in [6, 6.07) is -0.730. The van der Waals surface area contributed by atoms with Gasteiger partial charge in [-0.2, -0.15) is 0 Å². The van der Waals surface area contributed by atoms with Gasteiger partial charge in [-0.3, -0.25) is 9.59 Å². The Hall–Kier alpha value is -1.96. The zero-order chi connectivity index (χ0) is 17.0. The van der Waals surface area contributed by atoms with E-state index < -0.39 is 12.0 Å². The molecule has 1 aliphatic heterocycles. The Morgan fingerprint density at radius 1 is 1.48 bits per heavy atom. The minimum absolute atomic E-state index is 0.0559. The van der Waals surface area contributed by atoms with Crippen LogP contribution in [0.1, 0.15) is 38.8 Å². The predicted molar refractivity (Wildman–Crippen MR) is 86.3 cm³/mol. The molecular formula is C15H21N3O4S. The van der Waals surface area contributed by atoms with Gasteiger partial charge in [0, 0.05) is 18.3 Å². The van der Waals surface area contributed by atoms with Crippen molar-refractivity contribution in [3.63, 3.8) is 0 Å². The number of carbonyl (C=O) groups excluding carboxylic acids is 2. The lowest BCUT2D eigenvalue weighted by Crippen LogP contribution is -2.41. The molecule has 1 saturated heterocycles. The Morgan fingerprint density at radius 3 is 2.87 bits per heavy atom. The van der Waals surface area contributed by atoms with Gasteiger partial charge in [0.2, 0.25) is 11.8 Å². The van der Waals surface area contributed by atoms with Crippen LogP contribution in [0.5, 0.6) is 0 Å². The maximum absolute atomic E-state index is 12.2. The molecule has 2 N–H and O–H groups in total. The van der Waals surface area contributed by atoms with Crippen molar-refractivity contribution in [2.45, 2.75) is 45.6 Å². The summed E-state index contributed by atoms with van der Waals surface area (Å²) in [6.45, 7) is 4.39. The van der Waals surface area contributed by atoms with Crippen molar-refractivity contribution >= 4 is 34.3 Å². The number of carboxylic acid groups (broad SMARTS) is 1. The monoisotopic (exact) mass is 339 g/mol. The molecule has 0 bridgehead atoms. The van der Waals surface area contributed by atoms with E-state index in [0.29, 0.717) is 36.6 Å². The highest BCUT2D eigenvalue weighted by Crippen LogP contribution is 2.21.